The fourth-order valence-electron chi connectivity index (χ4n) is 1.19. The highest BCUT2D eigenvalue weighted by Crippen LogP contribution is 2.37. The number of benzene rings is 1. The number of aliphatic imine (C=N–C) groups is 1. The molecule has 0 radical (unpaired) electrons. The van der Waals surface area contributed by atoms with Crippen LogP contribution in [0.3, 0.4) is 0 Å². The lowest BCUT2D eigenvalue weighted by molar-refractivity contribution is 0.00341. The molecule has 2 nitrogen and oxygen atoms in total. The minimum atomic E-state index is -3.50. The van der Waals surface area contributed by atoms with E-state index < -0.39 is 6.05 Å². The molecule has 0 saturated carbocycles. The molecular weight excluding hydrogens is 232 g/mol. The molecule has 0 spiro atoms. The molecule has 0 unspecified atom stereocenters. The van der Waals surface area contributed by atoms with Crippen molar-refractivity contribution >= 4 is 17.8 Å². The maximum atomic E-state index is 13.4. The van der Waals surface area contributed by atoms with Gasteiger partial charge in [0.2, 0.25) is 6.08 Å². The lowest BCUT2D eigenvalue weighted by Gasteiger charge is -2.15. The molecule has 1 aromatic carbocycles. The molecule has 0 saturated heterocycles. The van der Waals surface area contributed by atoms with Gasteiger partial charge in [-0.25, -0.2) is 4.79 Å². The third kappa shape index (κ3) is 3.15. The van der Waals surface area contributed by atoms with E-state index in [4.69, 9.17) is 0 Å². The summed E-state index contributed by atoms with van der Waals surface area (Å²) in [4.78, 5) is 12.9. The normalized spacial score (nSPS) is 11.3. The summed E-state index contributed by atoms with van der Waals surface area (Å²) in [5, 5.41) is 0.178. The Morgan fingerprint density at radius 3 is 2.56 bits per heavy atom. The highest BCUT2D eigenvalue weighted by molar-refractivity contribution is 8.00. The predicted octanol–water partition coefficient (Wildman–Crippen LogP) is 3.57. The Labute approximate surface area is 96.8 Å². The first-order valence-electron chi connectivity index (χ1n) is 4.70. The fraction of sp³-hybridized carbons (Fsp3) is 0.364. The van der Waals surface area contributed by atoms with E-state index in [2.05, 4.69) is 4.99 Å². The van der Waals surface area contributed by atoms with Crippen molar-refractivity contribution in [2.24, 2.45) is 4.99 Å². The molecule has 0 heterocycles. The van der Waals surface area contributed by atoms with E-state index in [0.717, 1.165) is 6.08 Å². The SMILES string of the molecule is CC(C)Sc1ccccc1C(F)(F)N=C=O. The summed E-state index contributed by atoms with van der Waals surface area (Å²) in [6.45, 7) is 3.81. The second-order valence-electron chi connectivity index (χ2n) is 3.41. The topological polar surface area (TPSA) is 29.4 Å². The third-order valence-electron chi connectivity index (χ3n) is 1.76. The molecule has 0 aliphatic heterocycles. The van der Waals surface area contributed by atoms with E-state index in [0.29, 0.717) is 4.90 Å². The summed E-state index contributed by atoms with van der Waals surface area (Å²) in [5.41, 5.74) is -0.253. The second-order valence-corrected chi connectivity index (χ2v) is 5.03. The van der Waals surface area contributed by atoms with Crippen LogP contribution in [0, 0.1) is 0 Å². The molecule has 5 heteroatoms. The molecule has 1 rings (SSSR count). The zero-order chi connectivity index (χ0) is 12.2. The second kappa shape index (κ2) is 5.23. The average molecular weight is 243 g/mol. The van der Waals surface area contributed by atoms with Gasteiger partial charge in [0.15, 0.2) is 0 Å². The van der Waals surface area contributed by atoms with Crippen LogP contribution < -0.4 is 0 Å². The summed E-state index contributed by atoms with van der Waals surface area (Å²) in [7, 11) is 0. The largest absolute Gasteiger partial charge is 0.380 e. The van der Waals surface area contributed by atoms with Crippen molar-refractivity contribution in [3.63, 3.8) is 0 Å². The average Bonchev–Trinajstić information content (AvgIpc) is 2.17. The number of hydrogen-bond donors (Lipinski definition) is 0. The van der Waals surface area contributed by atoms with Crippen LogP contribution >= 0.6 is 11.8 Å². The van der Waals surface area contributed by atoms with Gasteiger partial charge in [-0.15, -0.1) is 16.8 Å². The third-order valence-corrected chi connectivity index (χ3v) is 2.84. The molecule has 86 valence electrons. The molecule has 1 aromatic rings. The van der Waals surface area contributed by atoms with E-state index in [1.807, 2.05) is 13.8 Å². The van der Waals surface area contributed by atoms with E-state index in [1.165, 1.54) is 23.9 Å². The van der Waals surface area contributed by atoms with Crippen LogP contribution in [-0.2, 0) is 10.8 Å². The van der Waals surface area contributed by atoms with Crippen LogP contribution in [0.15, 0.2) is 34.2 Å². The number of halogens is 2. The van der Waals surface area contributed by atoms with Crippen molar-refractivity contribution in [2.45, 2.75) is 30.0 Å². The quantitative estimate of drug-likeness (QED) is 0.350. The van der Waals surface area contributed by atoms with Crippen molar-refractivity contribution < 1.29 is 13.6 Å². The van der Waals surface area contributed by atoms with Gasteiger partial charge in [-0.2, -0.15) is 8.78 Å². The monoisotopic (exact) mass is 243 g/mol. The molecule has 0 aromatic heterocycles. The molecule has 16 heavy (non-hydrogen) atoms. The highest BCUT2D eigenvalue weighted by atomic mass is 32.2. The van der Waals surface area contributed by atoms with Gasteiger partial charge in [0.05, 0.1) is 5.56 Å². The van der Waals surface area contributed by atoms with E-state index >= 15 is 0 Å². The molecule has 0 atom stereocenters. The first-order valence-corrected chi connectivity index (χ1v) is 5.58. The minimum Gasteiger partial charge on any atom is -0.211 e. The number of isocyanates is 1. The lowest BCUT2D eigenvalue weighted by atomic mass is 10.2. The van der Waals surface area contributed by atoms with Crippen LogP contribution in [0.1, 0.15) is 19.4 Å². The Morgan fingerprint density at radius 1 is 1.38 bits per heavy atom. The number of carbonyl (C=O) groups excluding carboxylic acids is 1. The van der Waals surface area contributed by atoms with Crippen LogP contribution in [0.25, 0.3) is 0 Å². The first-order chi connectivity index (χ1) is 7.47. The smallest absolute Gasteiger partial charge is 0.211 e. The molecule has 0 bridgehead atoms. The van der Waals surface area contributed by atoms with Gasteiger partial charge in [-0.3, -0.25) is 0 Å². The van der Waals surface area contributed by atoms with Gasteiger partial charge in [0, 0.05) is 10.1 Å². The molecule has 0 amide bonds. The maximum absolute atomic E-state index is 13.4. The van der Waals surface area contributed by atoms with Crippen molar-refractivity contribution in [3.8, 4) is 0 Å². The van der Waals surface area contributed by atoms with Gasteiger partial charge in [-0.1, -0.05) is 26.0 Å². The van der Waals surface area contributed by atoms with Gasteiger partial charge in [-0.05, 0) is 12.1 Å². The van der Waals surface area contributed by atoms with E-state index in [9.17, 15) is 13.6 Å². The Kier molecular flexibility index (Phi) is 4.21. The summed E-state index contributed by atoms with van der Waals surface area (Å²) in [6, 6.07) is 2.53. The van der Waals surface area contributed by atoms with Gasteiger partial charge < -0.3 is 0 Å². The number of thioether (sulfide) groups is 1. The maximum Gasteiger partial charge on any atom is 0.380 e. The van der Waals surface area contributed by atoms with Crippen molar-refractivity contribution in [2.75, 3.05) is 0 Å². The number of rotatable bonds is 4. The Bertz CT molecular complexity index is 414. The first kappa shape index (κ1) is 12.9. The predicted molar refractivity (Wildman–Crippen MR) is 59.5 cm³/mol. The Hall–Kier alpha value is -1.19. The molecular formula is C11H11F2NOS. The van der Waals surface area contributed by atoms with Crippen LogP contribution in [-0.4, -0.2) is 11.3 Å². The molecule has 0 fully saturated rings. The van der Waals surface area contributed by atoms with Crippen molar-refractivity contribution in [3.05, 3.63) is 29.8 Å². The summed E-state index contributed by atoms with van der Waals surface area (Å²) in [5.74, 6) is 0. The Balaban J connectivity index is 3.17. The van der Waals surface area contributed by atoms with E-state index in [-0.39, 0.29) is 10.8 Å². The van der Waals surface area contributed by atoms with Gasteiger partial charge >= 0.3 is 6.05 Å². The summed E-state index contributed by atoms with van der Waals surface area (Å²) >= 11 is 1.31. The van der Waals surface area contributed by atoms with Crippen LogP contribution in [0.5, 0.6) is 0 Å². The number of nitrogens with zero attached hydrogens (tertiary/aromatic N) is 1. The number of hydrogen-bond acceptors (Lipinski definition) is 3. The van der Waals surface area contributed by atoms with Gasteiger partial charge in [0.25, 0.3) is 0 Å². The zero-order valence-corrected chi connectivity index (χ0v) is 9.72. The van der Waals surface area contributed by atoms with Gasteiger partial charge in [0.1, 0.15) is 0 Å². The summed E-state index contributed by atoms with van der Waals surface area (Å²) in [6.07, 6.45) is 0.903. The van der Waals surface area contributed by atoms with Crippen LogP contribution in [0.4, 0.5) is 8.78 Å². The molecule has 0 N–H and O–H groups in total. The molecule has 0 aliphatic rings. The Morgan fingerprint density at radius 2 is 2.00 bits per heavy atom. The highest BCUT2D eigenvalue weighted by Gasteiger charge is 2.33. The molecule has 0 aliphatic carbocycles. The lowest BCUT2D eigenvalue weighted by Crippen LogP contribution is -2.11. The fourth-order valence-corrected chi connectivity index (χ4v) is 2.17. The van der Waals surface area contributed by atoms with Crippen molar-refractivity contribution in [1.29, 1.82) is 0 Å². The van der Waals surface area contributed by atoms with Crippen LogP contribution in [0.2, 0.25) is 0 Å². The number of alkyl halides is 2. The standard InChI is InChI=1S/C11H11F2NOS/c1-8(2)16-10-6-4-3-5-9(10)11(12,13)14-7-15/h3-6,8H,1-2H3. The minimum absolute atomic E-state index is 0.178. The zero-order valence-electron chi connectivity index (χ0n) is 8.91. The summed E-state index contributed by atoms with van der Waals surface area (Å²) < 4.78 is 26.8. The van der Waals surface area contributed by atoms with Crippen molar-refractivity contribution in [1.82, 2.24) is 0 Å². The van der Waals surface area contributed by atoms with E-state index in [1.54, 1.807) is 12.1 Å².